The topological polar surface area (TPSA) is 12.0 Å². The van der Waals surface area contributed by atoms with Crippen molar-refractivity contribution in [1.29, 1.82) is 0 Å². The molecule has 21 heavy (non-hydrogen) atoms. The lowest BCUT2D eigenvalue weighted by molar-refractivity contribution is 0.284. The van der Waals surface area contributed by atoms with Crippen LogP contribution in [0.2, 0.25) is 0 Å². The Morgan fingerprint density at radius 2 is 1.95 bits per heavy atom. The van der Waals surface area contributed by atoms with Gasteiger partial charge in [0.2, 0.25) is 0 Å². The van der Waals surface area contributed by atoms with E-state index >= 15 is 0 Å². The van der Waals surface area contributed by atoms with E-state index in [0.717, 1.165) is 17.8 Å². The molecule has 1 nitrogen and oxygen atoms in total. The Bertz CT molecular complexity index is 451. The summed E-state index contributed by atoms with van der Waals surface area (Å²) >= 11 is 2.06. The van der Waals surface area contributed by atoms with E-state index in [9.17, 15) is 0 Å². The molecular weight excluding hydrogens is 274 g/mol. The highest BCUT2D eigenvalue weighted by molar-refractivity contribution is 7.99. The molecule has 0 radical (unpaired) electrons. The summed E-state index contributed by atoms with van der Waals surface area (Å²) in [6, 6.07) is 9.68. The maximum absolute atomic E-state index is 3.71. The average molecular weight is 304 g/mol. The van der Waals surface area contributed by atoms with Gasteiger partial charge in [-0.2, -0.15) is 0 Å². The van der Waals surface area contributed by atoms with Gasteiger partial charge in [-0.1, -0.05) is 57.7 Å². The van der Waals surface area contributed by atoms with Crippen LogP contribution in [0.25, 0.3) is 0 Å². The van der Waals surface area contributed by atoms with Gasteiger partial charge in [-0.05, 0) is 42.3 Å². The quantitative estimate of drug-likeness (QED) is 0.787. The zero-order valence-corrected chi connectivity index (χ0v) is 14.3. The Balaban J connectivity index is 1.66. The highest BCUT2D eigenvalue weighted by atomic mass is 32.2. The summed E-state index contributed by atoms with van der Waals surface area (Å²) < 4.78 is 0. The zero-order chi connectivity index (χ0) is 14.7. The molecular formula is C19H29NS. The minimum absolute atomic E-state index is 0.610. The number of benzene rings is 1. The maximum Gasteiger partial charge on any atom is 0.0107 e. The molecule has 1 aromatic rings. The maximum atomic E-state index is 3.71. The summed E-state index contributed by atoms with van der Waals surface area (Å²) in [5.41, 5.74) is 1.62. The van der Waals surface area contributed by atoms with E-state index in [1.54, 1.807) is 5.56 Å². The van der Waals surface area contributed by atoms with E-state index in [1.807, 2.05) is 0 Å². The van der Waals surface area contributed by atoms with Crippen molar-refractivity contribution in [1.82, 2.24) is 5.32 Å². The normalized spacial score (nSPS) is 23.7. The van der Waals surface area contributed by atoms with E-state index in [0.29, 0.717) is 6.04 Å². The fourth-order valence-electron chi connectivity index (χ4n) is 4.05. The van der Waals surface area contributed by atoms with Gasteiger partial charge in [0, 0.05) is 16.7 Å². The van der Waals surface area contributed by atoms with Crippen LogP contribution in [0.4, 0.5) is 0 Å². The van der Waals surface area contributed by atoms with Gasteiger partial charge in [0.25, 0.3) is 0 Å². The molecule has 0 aromatic heterocycles. The largest absolute Gasteiger partial charge is 0.314 e. The molecule has 0 bridgehead atoms. The molecule has 3 rings (SSSR count). The van der Waals surface area contributed by atoms with Crippen LogP contribution in [-0.2, 0) is 0 Å². The smallest absolute Gasteiger partial charge is 0.0107 e. The standard InChI is InChI=1S/C19H29NS/c1-14(2)20-12-16(15-7-3-4-8-15)11-17-13-21-19-10-6-5-9-18(17)19/h5-6,9-10,14-17,20H,3-4,7-8,11-13H2,1-2H3. The minimum atomic E-state index is 0.610. The van der Waals surface area contributed by atoms with Gasteiger partial charge in [0.05, 0.1) is 0 Å². The first-order valence-corrected chi connectivity index (χ1v) is 9.67. The average Bonchev–Trinajstić information content (AvgIpc) is 3.13. The van der Waals surface area contributed by atoms with Crippen molar-refractivity contribution >= 4 is 11.8 Å². The molecule has 2 aliphatic rings. The van der Waals surface area contributed by atoms with Crippen LogP contribution < -0.4 is 5.32 Å². The Morgan fingerprint density at radius 1 is 1.19 bits per heavy atom. The van der Waals surface area contributed by atoms with E-state index in [1.165, 1.54) is 49.3 Å². The van der Waals surface area contributed by atoms with Crippen LogP contribution in [0, 0.1) is 11.8 Å². The van der Waals surface area contributed by atoms with Crippen LogP contribution in [0.1, 0.15) is 57.4 Å². The molecule has 1 N–H and O–H groups in total. The molecule has 0 amide bonds. The molecule has 2 heteroatoms. The Hall–Kier alpha value is -0.470. The molecule has 1 saturated carbocycles. The minimum Gasteiger partial charge on any atom is -0.314 e. The highest BCUT2D eigenvalue weighted by Crippen LogP contribution is 2.44. The Morgan fingerprint density at radius 3 is 2.71 bits per heavy atom. The van der Waals surface area contributed by atoms with Gasteiger partial charge in [0.15, 0.2) is 0 Å². The first-order valence-electron chi connectivity index (χ1n) is 8.69. The number of hydrogen-bond donors (Lipinski definition) is 1. The van der Waals surface area contributed by atoms with E-state index in [2.05, 4.69) is 55.2 Å². The van der Waals surface area contributed by atoms with Crippen molar-refractivity contribution in [3.63, 3.8) is 0 Å². The molecule has 2 unspecified atom stereocenters. The van der Waals surface area contributed by atoms with Crippen molar-refractivity contribution in [3.05, 3.63) is 29.8 Å². The summed E-state index contributed by atoms with van der Waals surface area (Å²) in [4.78, 5) is 1.53. The lowest BCUT2D eigenvalue weighted by Crippen LogP contribution is -2.33. The molecule has 1 aliphatic carbocycles. The Labute approximate surface area is 134 Å². The lowest BCUT2D eigenvalue weighted by atomic mass is 9.81. The van der Waals surface area contributed by atoms with Gasteiger partial charge in [-0.3, -0.25) is 0 Å². The molecule has 0 saturated heterocycles. The second-order valence-corrected chi connectivity index (χ2v) is 8.21. The van der Waals surface area contributed by atoms with Gasteiger partial charge in [-0.15, -0.1) is 11.8 Å². The van der Waals surface area contributed by atoms with Crippen LogP contribution in [-0.4, -0.2) is 18.3 Å². The van der Waals surface area contributed by atoms with Gasteiger partial charge < -0.3 is 5.32 Å². The lowest BCUT2D eigenvalue weighted by Gasteiger charge is -2.27. The number of thioether (sulfide) groups is 1. The van der Waals surface area contributed by atoms with Crippen molar-refractivity contribution in [3.8, 4) is 0 Å². The van der Waals surface area contributed by atoms with Crippen LogP contribution in [0.5, 0.6) is 0 Å². The van der Waals surface area contributed by atoms with Crippen molar-refractivity contribution in [2.75, 3.05) is 12.3 Å². The Kier molecular flexibility index (Phi) is 5.29. The summed E-state index contributed by atoms with van der Waals surface area (Å²) in [6.45, 7) is 5.75. The summed E-state index contributed by atoms with van der Waals surface area (Å²) in [6.07, 6.45) is 7.23. The molecule has 1 heterocycles. The fraction of sp³-hybridized carbons (Fsp3) is 0.684. The third-order valence-electron chi connectivity index (χ3n) is 5.24. The number of nitrogens with one attached hydrogen (secondary N) is 1. The molecule has 1 aromatic carbocycles. The van der Waals surface area contributed by atoms with E-state index < -0.39 is 0 Å². The second kappa shape index (κ2) is 7.19. The number of rotatable bonds is 6. The number of fused-ring (bicyclic) bond motifs is 1. The molecule has 1 aliphatic heterocycles. The SMILES string of the molecule is CC(C)NCC(CC1CSc2ccccc21)C1CCCC1. The molecule has 2 atom stereocenters. The van der Waals surface area contributed by atoms with Crippen molar-refractivity contribution in [2.45, 2.75) is 62.8 Å². The predicted molar refractivity (Wildman–Crippen MR) is 93.1 cm³/mol. The third-order valence-corrected chi connectivity index (χ3v) is 6.49. The summed E-state index contributed by atoms with van der Waals surface area (Å²) in [7, 11) is 0. The molecule has 116 valence electrons. The van der Waals surface area contributed by atoms with E-state index in [4.69, 9.17) is 0 Å². The first-order chi connectivity index (χ1) is 10.2. The fourth-order valence-corrected chi connectivity index (χ4v) is 5.32. The third kappa shape index (κ3) is 3.84. The molecule has 0 spiro atoms. The predicted octanol–water partition coefficient (Wildman–Crippen LogP) is 5.07. The number of hydrogen-bond acceptors (Lipinski definition) is 2. The molecule has 1 fully saturated rings. The van der Waals surface area contributed by atoms with Gasteiger partial charge in [0.1, 0.15) is 0 Å². The van der Waals surface area contributed by atoms with Crippen LogP contribution in [0.3, 0.4) is 0 Å². The first kappa shape index (κ1) is 15.4. The highest BCUT2D eigenvalue weighted by Gasteiger charge is 2.30. The van der Waals surface area contributed by atoms with Gasteiger partial charge >= 0.3 is 0 Å². The second-order valence-electron chi connectivity index (χ2n) is 7.15. The zero-order valence-electron chi connectivity index (χ0n) is 13.5. The summed E-state index contributed by atoms with van der Waals surface area (Å²) in [5.74, 6) is 3.91. The van der Waals surface area contributed by atoms with Crippen LogP contribution >= 0.6 is 11.8 Å². The van der Waals surface area contributed by atoms with Crippen LogP contribution in [0.15, 0.2) is 29.2 Å². The van der Waals surface area contributed by atoms with Crippen molar-refractivity contribution < 1.29 is 0 Å². The van der Waals surface area contributed by atoms with Crippen molar-refractivity contribution in [2.24, 2.45) is 11.8 Å². The monoisotopic (exact) mass is 303 g/mol. The summed E-state index contributed by atoms with van der Waals surface area (Å²) in [5, 5.41) is 3.71. The van der Waals surface area contributed by atoms with Gasteiger partial charge in [-0.25, -0.2) is 0 Å². The van der Waals surface area contributed by atoms with E-state index in [-0.39, 0.29) is 0 Å².